The summed E-state index contributed by atoms with van der Waals surface area (Å²) in [4.78, 5) is 25.9. The first-order chi connectivity index (χ1) is 14.8. The van der Waals surface area contributed by atoms with Crippen LogP contribution in [0.15, 0.2) is 59.9 Å². The van der Waals surface area contributed by atoms with Crippen LogP contribution >= 0.6 is 0 Å². The minimum absolute atomic E-state index is 0.00394. The number of rotatable bonds is 4. The molecule has 1 amide bonds. The zero-order chi connectivity index (χ0) is 22.3. The van der Waals surface area contributed by atoms with Crippen LogP contribution in [0.4, 0.5) is 13.2 Å². The van der Waals surface area contributed by atoms with E-state index >= 15 is 0 Å². The molecule has 0 bridgehead atoms. The largest absolute Gasteiger partial charge is 0.507 e. The highest BCUT2D eigenvalue weighted by Gasteiger charge is 2.50. The van der Waals surface area contributed by atoms with E-state index in [2.05, 4.69) is 15.0 Å². The lowest BCUT2D eigenvalue weighted by atomic mass is 9.81. The van der Waals surface area contributed by atoms with E-state index in [9.17, 15) is 23.1 Å². The average Bonchev–Trinajstić information content (AvgIpc) is 2.99. The number of aliphatic imine (C=N–C) groups is 1. The minimum Gasteiger partial charge on any atom is -0.507 e. The van der Waals surface area contributed by atoms with Gasteiger partial charge >= 0.3 is 0 Å². The van der Waals surface area contributed by atoms with Crippen LogP contribution in [0.3, 0.4) is 0 Å². The Morgan fingerprint density at radius 1 is 1.06 bits per heavy atom. The van der Waals surface area contributed by atoms with E-state index in [-0.39, 0.29) is 34.0 Å². The first-order valence-corrected chi connectivity index (χ1v) is 9.08. The molecule has 3 heterocycles. The summed E-state index contributed by atoms with van der Waals surface area (Å²) in [6, 6.07) is 9.41. The zero-order valence-electron chi connectivity index (χ0n) is 16.1. The van der Waals surface area contributed by atoms with Gasteiger partial charge in [-0.1, -0.05) is 6.07 Å². The van der Waals surface area contributed by atoms with Gasteiger partial charge in [0.1, 0.15) is 11.4 Å². The monoisotopic (exact) mass is 427 g/mol. The van der Waals surface area contributed by atoms with Crippen LogP contribution in [0.1, 0.15) is 23.2 Å². The van der Waals surface area contributed by atoms with Crippen molar-refractivity contribution in [3.05, 3.63) is 77.6 Å². The van der Waals surface area contributed by atoms with Crippen LogP contribution in [-0.2, 0) is 10.3 Å². The number of alkyl halides is 2. The molecule has 0 saturated heterocycles. The molecule has 1 atom stereocenters. The van der Waals surface area contributed by atoms with E-state index in [0.717, 1.165) is 17.2 Å². The number of aromatic nitrogens is 2. The predicted octanol–water partition coefficient (Wildman–Crippen LogP) is 2.96. The Morgan fingerprint density at radius 2 is 1.81 bits per heavy atom. The second-order valence-corrected chi connectivity index (χ2v) is 6.89. The van der Waals surface area contributed by atoms with Crippen molar-refractivity contribution in [3.8, 4) is 16.9 Å². The molecule has 0 saturated carbocycles. The zero-order valence-corrected chi connectivity index (χ0v) is 16.1. The van der Waals surface area contributed by atoms with Gasteiger partial charge in [0.15, 0.2) is 11.5 Å². The number of halogens is 3. The highest BCUT2D eigenvalue weighted by atomic mass is 19.3. The number of pyridine rings is 2. The number of phenolic OH excluding ortho intramolecular Hbond substituents is 1. The summed E-state index contributed by atoms with van der Waals surface area (Å²) in [5.41, 5.74) is 3.91. The summed E-state index contributed by atoms with van der Waals surface area (Å²) in [5, 5.41) is 10.3. The van der Waals surface area contributed by atoms with E-state index < -0.39 is 29.5 Å². The Labute approximate surface area is 174 Å². The summed E-state index contributed by atoms with van der Waals surface area (Å²) in [7, 11) is 1.40. The molecule has 2 aromatic heterocycles. The SMILES string of the molecule is CN1C(=O)C(c2ccnc(C(F)F)c2)(c2ccc(O)c(-c3cccnc3F)c2)N=C1N. The molecule has 1 aromatic carbocycles. The first kappa shape index (κ1) is 20.3. The Morgan fingerprint density at radius 3 is 2.45 bits per heavy atom. The van der Waals surface area contributed by atoms with Gasteiger partial charge in [0.05, 0.1) is 0 Å². The van der Waals surface area contributed by atoms with Gasteiger partial charge in [-0.15, -0.1) is 0 Å². The van der Waals surface area contributed by atoms with E-state index in [1.807, 2.05) is 0 Å². The first-order valence-electron chi connectivity index (χ1n) is 9.08. The average molecular weight is 427 g/mol. The molecule has 4 rings (SSSR count). The fourth-order valence-electron chi connectivity index (χ4n) is 3.54. The smallest absolute Gasteiger partial charge is 0.280 e. The van der Waals surface area contributed by atoms with Gasteiger partial charge in [-0.3, -0.25) is 14.7 Å². The molecule has 0 radical (unpaired) electrons. The third kappa shape index (κ3) is 3.16. The minimum atomic E-state index is -2.87. The number of nitrogens with zero attached hydrogens (tertiary/aromatic N) is 4. The second-order valence-electron chi connectivity index (χ2n) is 6.89. The van der Waals surface area contributed by atoms with Gasteiger partial charge < -0.3 is 10.8 Å². The number of carbonyl (C=O) groups excluding carboxylic acids is 1. The molecule has 10 heteroatoms. The molecule has 158 valence electrons. The van der Waals surface area contributed by atoms with Crippen LogP contribution in [-0.4, -0.2) is 38.9 Å². The number of carbonyl (C=O) groups is 1. The number of hydrogen-bond donors (Lipinski definition) is 2. The van der Waals surface area contributed by atoms with Crippen molar-refractivity contribution in [2.45, 2.75) is 12.0 Å². The number of hydrogen-bond acceptors (Lipinski definition) is 6. The maximum atomic E-state index is 14.3. The van der Waals surface area contributed by atoms with Crippen LogP contribution in [0.5, 0.6) is 5.75 Å². The molecule has 0 spiro atoms. The molecule has 3 aromatic rings. The van der Waals surface area contributed by atoms with Crippen molar-refractivity contribution in [2.24, 2.45) is 10.7 Å². The van der Waals surface area contributed by atoms with Gasteiger partial charge in [-0.05, 0) is 47.5 Å². The Kier molecular flexibility index (Phi) is 4.84. The number of nitrogens with two attached hydrogens (primary N) is 1. The molecule has 1 unspecified atom stereocenters. The number of aromatic hydroxyl groups is 1. The molecule has 7 nitrogen and oxygen atoms in total. The molecule has 31 heavy (non-hydrogen) atoms. The van der Waals surface area contributed by atoms with Crippen LogP contribution in [0, 0.1) is 5.95 Å². The highest BCUT2D eigenvalue weighted by Crippen LogP contribution is 2.43. The van der Waals surface area contributed by atoms with Crippen molar-refractivity contribution in [2.75, 3.05) is 7.05 Å². The number of phenols is 1. The molecule has 1 aliphatic rings. The molecule has 1 aliphatic heterocycles. The summed E-state index contributed by atoms with van der Waals surface area (Å²) in [6.07, 6.45) is -0.463. The standard InChI is InChI=1S/C21H16F3N5O2/c1-29-19(31)21(28-20(29)25,12-6-8-26-15(10-12)17(22)23)11-4-5-16(30)14(9-11)13-3-2-7-27-18(13)24/h2-10,17,30H,1H3,(H2,25,28). The van der Waals surface area contributed by atoms with Crippen LogP contribution < -0.4 is 5.73 Å². The van der Waals surface area contributed by atoms with Gasteiger partial charge in [0.25, 0.3) is 12.3 Å². The Hall–Kier alpha value is -3.95. The van der Waals surface area contributed by atoms with Crippen molar-refractivity contribution in [1.82, 2.24) is 14.9 Å². The summed E-state index contributed by atoms with van der Waals surface area (Å²) in [5.74, 6) is -1.81. The summed E-state index contributed by atoms with van der Waals surface area (Å²) in [6.45, 7) is 0. The summed E-state index contributed by atoms with van der Waals surface area (Å²) < 4.78 is 40.9. The van der Waals surface area contributed by atoms with E-state index in [1.165, 1.54) is 49.6 Å². The molecule has 0 aliphatic carbocycles. The number of guanidine groups is 1. The van der Waals surface area contributed by atoms with Gasteiger partial charge in [-0.25, -0.2) is 18.8 Å². The predicted molar refractivity (Wildman–Crippen MR) is 106 cm³/mol. The van der Waals surface area contributed by atoms with Crippen LogP contribution in [0.25, 0.3) is 11.1 Å². The lowest BCUT2D eigenvalue weighted by Crippen LogP contribution is -2.41. The summed E-state index contributed by atoms with van der Waals surface area (Å²) >= 11 is 0. The van der Waals surface area contributed by atoms with Gasteiger partial charge in [0, 0.05) is 30.6 Å². The lowest BCUT2D eigenvalue weighted by molar-refractivity contribution is -0.129. The third-order valence-electron chi connectivity index (χ3n) is 5.13. The van der Waals surface area contributed by atoms with Crippen molar-refractivity contribution < 1.29 is 23.1 Å². The van der Waals surface area contributed by atoms with Gasteiger partial charge in [-0.2, -0.15) is 4.39 Å². The van der Waals surface area contributed by atoms with E-state index in [1.54, 1.807) is 0 Å². The Bertz CT molecular complexity index is 1220. The molecular formula is C21H16F3N5O2. The number of likely N-dealkylation sites (N-methyl/N-ethyl adjacent to an activating group) is 1. The number of amides is 1. The normalized spacial score (nSPS) is 18.5. The van der Waals surface area contributed by atoms with E-state index in [4.69, 9.17) is 5.73 Å². The second kappa shape index (κ2) is 7.38. The van der Waals surface area contributed by atoms with Crippen molar-refractivity contribution >= 4 is 11.9 Å². The topological polar surface area (TPSA) is 105 Å². The van der Waals surface area contributed by atoms with Crippen LogP contribution in [0.2, 0.25) is 0 Å². The van der Waals surface area contributed by atoms with Crippen molar-refractivity contribution in [1.29, 1.82) is 0 Å². The maximum Gasteiger partial charge on any atom is 0.280 e. The third-order valence-corrected chi connectivity index (χ3v) is 5.13. The molecular weight excluding hydrogens is 411 g/mol. The Balaban J connectivity index is 1.99. The lowest BCUT2D eigenvalue weighted by Gasteiger charge is -2.27. The molecule has 0 fully saturated rings. The van der Waals surface area contributed by atoms with E-state index in [0.29, 0.717) is 0 Å². The fraction of sp³-hybridized carbons (Fsp3) is 0.143. The quantitative estimate of drug-likeness (QED) is 0.623. The van der Waals surface area contributed by atoms with Crippen molar-refractivity contribution in [3.63, 3.8) is 0 Å². The maximum absolute atomic E-state index is 14.3. The molecule has 3 N–H and O–H groups in total. The fourth-order valence-corrected chi connectivity index (χ4v) is 3.54. The highest BCUT2D eigenvalue weighted by molar-refractivity contribution is 6.09. The number of benzene rings is 1. The van der Waals surface area contributed by atoms with Gasteiger partial charge in [0.2, 0.25) is 5.95 Å².